The number of nitro groups is 1. The smallest absolute Gasteiger partial charge is 0.273 e. The van der Waals surface area contributed by atoms with Crippen molar-refractivity contribution in [1.29, 1.82) is 0 Å². The van der Waals surface area contributed by atoms with Crippen LogP contribution in [0.3, 0.4) is 0 Å². The van der Waals surface area contributed by atoms with Crippen LogP contribution in [0.25, 0.3) is 0 Å². The van der Waals surface area contributed by atoms with E-state index in [-0.39, 0.29) is 5.69 Å². The molecule has 0 aliphatic rings. The number of rotatable bonds is 4. The highest BCUT2D eigenvalue weighted by Crippen LogP contribution is 2.31. The first-order valence-electron chi connectivity index (χ1n) is 5.92. The molecule has 0 amide bonds. The number of non-ortho nitro benzene ring substituents is 1. The number of nitrogens with two attached hydrogens (primary N) is 1. The Morgan fingerprint density at radius 3 is 2.65 bits per heavy atom. The van der Waals surface area contributed by atoms with Crippen molar-refractivity contribution in [3.63, 3.8) is 0 Å². The van der Waals surface area contributed by atoms with E-state index in [1.807, 2.05) is 13.0 Å². The van der Waals surface area contributed by atoms with Gasteiger partial charge in [-0.05, 0) is 36.2 Å². The van der Waals surface area contributed by atoms with Gasteiger partial charge >= 0.3 is 0 Å². The molecule has 0 saturated carbocycles. The SMILES string of the molecule is Cc1ccc([N+](=O)[O-])cc1Oc1ccc(CN)c(Br)c1. The first-order valence-corrected chi connectivity index (χ1v) is 6.72. The van der Waals surface area contributed by atoms with Crippen molar-refractivity contribution in [2.45, 2.75) is 13.5 Å². The number of nitrogens with zero attached hydrogens (tertiary/aromatic N) is 1. The Balaban J connectivity index is 2.32. The molecule has 2 rings (SSSR count). The molecule has 0 heterocycles. The van der Waals surface area contributed by atoms with E-state index in [0.717, 1.165) is 15.6 Å². The summed E-state index contributed by atoms with van der Waals surface area (Å²) in [6.07, 6.45) is 0. The summed E-state index contributed by atoms with van der Waals surface area (Å²) in [6.45, 7) is 2.26. The number of halogens is 1. The Morgan fingerprint density at radius 2 is 2.05 bits per heavy atom. The zero-order valence-corrected chi connectivity index (χ0v) is 12.4. The van der Waals surface area contributed by atoms with Gasteiger partial charge in [0.15, 0.2) is 0 Å². The van der Waals surface area contributed by atoms with Gasteiger partial charge in [-0.15, -0.1) is 0 Å². The average Bonchev–Trinajstić information content (AvgIpc) is 2.41. The maximum absolute atomic E-state index is 10.8. The normalized spacial score (nSPS) is 10.3. The fourth-order valence-corrected chi connectivity index (χ4v) is 2.22. The van der Waals surface area contributed by atoms with Crippen LogP contribution >= 0.6 is 15.9 Å². The maximum atomic E-state index is 10.8. The number of ether oxygens (including phenoxy) is 1. The van der Waals surface area contributed by atoms with Crippen LogP contribution in [-0.4, -0.2) is 4.92 Å². The Kier molecular flexibility index (Phi) is 4.36. The lowest BCUT2D eigenvalue weighted by Crippen LogP contribution is -1.97. The lowest BCUT2D eigenvalue weighted by atomic mass is 10.2. The van der Waals surface area contributed by atoms with Gasteiger partial charge in [-0.25, -0.2) is 0 Å². The highest BCUT2D eigenvalue weighted by atomic mass is 79.9. The summed E-state index contributed by atoms with van der Waals surface area (Å²) < 4.78 is 6.55. The summed E-state index contributed by atoms with van der Waals surface area (Å²) in [7, 11) is 0. The number of hydrogen-bond acceptors (Lipinski definition) is 4. The molecule has 0 unspecified atom stereocenters. The third kappa shape index (κ3) is 3.15. The van der Waals surface area contributed by atoms with E-state index in [1.165, 1.54) is 12.1 Å². The van der Waals surface area contributed by atoms with Crippen LogP contribution in [0.5, 0.6) is 11.5 Å². The summed E-state index contributed by atoms with van der Waals surface area (Å²) >= 11 is 3.41. The molecular formula is C14H13BrN2O3. The Hall–Kier alpha value is -1.92. The van der Waals surface area contributed by atoms with Crippen molar-refractivity contribution < 1.29 is 9.66 Å². The largest absolute Gasteiger partial charge is 0.457 e. The Bertz CT molecular complexity index is 659. The van der Waals surface area contributed by atoms with Crippen LogP contribution in [0, 0.1) is 17.0 Å². The van der Waals surface area contributed by atoms with Crippen LogP contribution in [0.4, 0.5) is 5.69 Å². The lowest BCUT2D eigenvalue weighted by Gasteiger charge is -2.10. The number of hydrogen-bond donors (Lipinski definition) is 1. The molecule has 0 spiro atoms. The zero-order chi connectivity index (χ0) is 14.7. The van der Waals surface area contributed by atoms with Crippen molar-refractivity contribution in [3.8, 4) is 11.5 Å². The fraction of sp³-hybridized carbons (Fsp3) is 0.143. The molecule has 6 heteroatoms. The molecule has 0 bridgehead atoms. The molecule has 20 heavy (non-hydrogen) atoms. The van der Waals surface area contributed by atoms with Crippen molar-refractivity contribution >= 4 is 21.6 Å². The van der Waals surface area contributed by atoms with Crippen molar-refractivity contribution in [2.75, 3.05) is 0 Å². The summed E-state index contributed by atoms with van der Waals surface area (Å²) in [5.74, 6) is 1.06. The molecule has 2 aromatic carbocycles. The van der Waals surface area contributed by atoms with Gasteiger partial charge in [-0.3, -0.25) is 10.1 Å². The van der Waals surface area contributed by atoms with Gasteiger partial charge in [-0.1, -0.05) is 22.0 Å². The summed E-state index contributed by atoms with van der Waals surface area (Å²) in [6, 6.07) is 9.96. The molecule has 2 aromatic rings. The van der Waals surface area contributed by atoms with E-state index in [1.54, 1.807) is 18.2 Å². The predicted octanol–water partition coefficient (Wildman–Crippen LogP) is 3.92. The molecule has 5 nitrogen and oxygen atoms in total. The number of nitro benzene ring substituents is 1. The van der Waals surface area contributed by atoms with Crippen LogP contribution < -0.4 is 10.5 Å². The molecule has 104 valence electrons. The van der Waals surface area contributed by atoms with Gasteiger partial charge < -0.3 is 10.5 Å². The van der Waals surface area contributed by atoms with Crippen LogP contribution in [0.1, 0.15) is 11.1 Å². The third-order valence-electron chi connectivity index (χ3n) is 2.85. The standard InChI is InChI=1S/C14H13BrN2O3/c1-9-2-4-11(17(18)19)6-14(9)20-12-5-3-10(8-16)13(15)7-12/h2-7H,8,16H2,1H3. The predicted molar refractivity (Wildman–Crippen MR) is 79.9 cm³/mol. The van der Waals surface area contributed by atoms with E-state index in [4.69, 9.17) is 10.5 Å². The molecular weight excluding hydrogens is 324 g/mol. The first-order chi connectivity index (χ1) is 9.51. The number of benzene rings is 2. The van der Waals surface area contributed by atoms with Crippen LogP contribution in [0.15, 0.2) is 40.9 Å². The molecule has 0 aliphatic heterocycles. The molecule has 0 radical (unpaired) electrons. The van der Waals surface area contributed by atoms with Gasteiger partial charge in [0.25, 0.3) is 5.69 Å². The van der Waals surface area contributed by atoms with Gasteiger partial charge in [0.2, 0.25) is 0 Å². The van der Waals surface area contributed by atoms with Crippen molar-refractivity contribution in [3.05, 3.63) is 62.1 Å². The highest BCUT2D eigenvalue weighted by Gasteiger charge is 2.11. The molecule has 2 N–H and O–H groups in total. The van der Waals surface area contributed by atoms with E-state index in [0.29, 0.717) is 18.0 Å². The second-order valence-electron chi connectivity index (χ2n) is 4.27. The Labute approximate surface area is 124 Å². The highest BCUT2D eigenvalue weighted by molar-refractivity contribution is 9.10. The second-order valence-corrected chi connectivity index (χ2v) is 5.12. The molecule has 0 aromatic heterocycles. The Morgan fingerprint density at radius 1 is 1.30 bits per heavy atom. The van der Waals surface area contributed by atoms with Gasteiger partial charge in [-0.2, -0.15) is 0 Å². The zero-order valence-electron chi connectivity index (χ0n) is 10.8. The van der Waals surface area contributed by atoms with Gasteiger partial charge in [0.05, 0.1) is 11.0 Å². The third-order valence-corrected chi connectivity index (χ3v) is 3.59. The average molecular weight is 337 g/mol. The summed E-state index contributed by atoms with van der Waals surface area (Å²) in [5.41, 5.74) is 7.38. The maximum Gasteiger partial charge on any atom is 0.273 e. The topological polar surface area (TPSA) is 78.4 Å². The monoisotopic (exact) mass is 336 g/mol. The van der Waals surface area contributed by atoms with E-state index in [2.05, 4.69) is 15.9 Å². The summed E-state index contributed by atoms with van der Waals surface area (Å²) in [5, 5.41) is 10.8. The van der Waals surface area contributed by atoms with E-state index < -0.39 is 4.92 Å². The van der Waals surface area contributed by atoms with Crippen molar-refractivity contribution in [1.82, 2.24) is 0 Å². The van der Waals surface area contributed by atoms with Crippen LogP contribution in [-0.2, 0) is 6.54 Å². The molecule has 0 aliphatic carbocycles. The van der Waals surface area contributed by atoms with E-state index >= 15 is 0 Å². The minimum atomic E-state index is -0.445. The molecule has 0 atom stereocenters. The molecule has 0 saturated heterocycles. The fourth-order valence-electron chi connectivity index (χ4n) is 1.70. The first kappa shape index (κ1) is 14.5. The minimum absolute atomic E-state index is 0.00300. The van der Waals surface area contributed by atoms with Gasteiger partial charge in [0, 0.05) is 17.1 Å². The molecule has 0 fully saturated rings. The number of aryl methyl sites for hydroxylation is 1. The summed E-state index contributed by atoms with van der Waals surface area (Å²) in [4.78, 5) is 10.3. The van der Waals surface area contributed by atoms with Crippen molar-refractivity contribution in [2.24, 2.45) is 5.73 Å². The lowest BCUT2D eigenvalue weighted by molar-refractivity contribution is -0.384. The minimum Gasteiger partial charge on any atom is -0.457 e. The van der Waals surface area contributed by atoms with E-state index in [9.17, 15) is 10.1 Å². The second kappa shape index (κ2) is 6.02. The quantitative estimate of drug-likeness (QED) is 0.677. The van der Waals surface area contributed by atoms with Gasteiger partial charge in [0.1, 0.15) is 11.5 Å². The van der Waals surface area contributed by atoms with Crippen LogP contribution in [0.2, 0.25) is 0 Å².